The number of hydrogen-bond donors (Lipinski definition) is 2. The van der Waals surface area contributed by atoms with Crippen molar-refractivity contribution in [2.45, 2.75) is 85.2 Å². The Bertz CT molecular complexity index is 1780. The number of ether oxygens (including phenoxy) is 1. The molecule has 4 aromatic rings. The van der Waals surface area contributed by atoms with Crippen LogP contribution in [0.1, 0.15) is 85.0 Å². The number of fused-ring (bicyclic) bond motifs is 1. The maximum atomic E-state index is 13.4. The molecule has 1 aromatic heterocycles. The second kappa shape index (κ2) is 16.5. The van der Waals surface area contributed by atoms with E-state index in [1.807, 2.05) is 78.3 Å². The van der Waals surface area contributed by atoms with E-state index in [4.69, 9.17) is 4.74 Å². The van der Waals surface area contributed by atoms with Crippen molar-refractivity contribution in [1.29, 1.82) is 0 Å². The van der Waals surface area contributed by atoms with E-state index in [1.54, 1.807) is 6.07 Å². The molecule has 0 spiro atoms. The number of carboxylic acids is 1. The molecule has 2 N–H and O–H groups in total. The summed E-state index contributed by atoms with van der Waals surface area (Å²) in [7, 11) is 0. The van der Waals surface area contributed by atoms with Crippen LogP contribution in [-0.4, -0.2) is 51.9 Å². The number of benzene rings is 3. The number of aryl methyl sites for hydroxylation is 1. The summed E-state index contributed by atoms with van der Waals surface area (Å²) in [5.74, 6) is -0.124. The van der Waals surface area contributed by atoms with Crippen molar-refractivity contribution in [1.82, 2.24) is 15.1 Å². The number of aromatic nitrogens is 2. The van der Waals surface area contributed by atoms with Gasteiger partial charge in [-0.15, -0.1) is 0 Å². The van der Waals surface area contributed by atoms with Gasteiger partial charge in [-0.2, -0.15) is 5.10 Å². The van der Waals surface area contributed by atoms with E-state index in [-0.39, 0.29) is 24.2 Å². The average molecular weight is 665 g/mol. The molecule has 0 radical (unpaired) electrons. The van der Waals surface area contributed by atoms with Crippen LogP contribution in [0.2, 0.25) is 0 Å². The summed E-state index contributed by atoms with van der Waals surface area (Å²) < 4.78 is 7.84. The van der Waals surface area contributed by atoms with Crippen molar-refractivity contribution in [3.8, 4) is 16.9 Å². The summed E-state index contributed by atoms with van der Waals surface area (Å²) in [6.07, 6.45) is 8.17. The second-order valence-corrected chi connectivity index (χ2v) is 13.0. The fraction of sp³-hybridized carbons (Fsp3) is 0.400. The highest BCUT2D eigenvalue weighted by Gasteiger charge is 2.26. The first-order valence-electron chi connectivity index (χ1n) is 17.4. The van der Waals surface area contributed by atoms with Crippen LogP contribution in [0.5, 0.6) is 5.75 Å². The lowest BCUT2D eigenvalue weighted by molar-refractivity contribution is -0.137. The van der Waals surface area contributed by atoms with Gasteiger partial charge in [-0.3, -0.25) is 19.1 Å². The van der Waals surface area contributed by atoms with Crippen molar-refractivity contribution < 1.29 is 24.2 Å². The number of carbonyl (C=O) groups excluding carboxylic acids is 2. The summed E-state index contributed by atoms with van der Waals surface area (Å²) in [6.45, 7) is 9.81. The molecule has 5 rings (SSSR count). The Hall–Kier alpha value is -4.92. The van der Waals surface area contributed by atoms with Crippen LogP contribution in [0.4, 0.5) is 5.69 Å². The molecule has 1 aliphatic heterocycles. The van der Waals surface area contributed by atoms with E-state index in [0.717, 1.165) is 64.9 Å². The Morgan fingerprint density at radius 1 is 1.02 bits per heavy atom. The monoisotopic (exact) mass is 664 g/mol. The quantitative estimate of drug-likeness (QED) is 0.128. The summed E-state index contributed by atoms with van der Waals surface area (Å²) in [6, 6.07) is 19.1. The molecule has 49 heavy (non-hydrogen) atoms. The predicted molar refractivity (Wildman–Crippen MR) is 192 cm³/mol. The third-order valence-electron chi connectivity index (χ3n) is 9.71. The molecule has 0 saturated carbocycles. The number of aliphatic carboxylic acids is 1. The Balaban J connectivity index is 1.23. The van der Waals surface area contributed by atoms with Crippen molar-refractivity contribution in [3.63, 3.8) is 0 Å². The van der Waals surface area contributed by atoms with Crippen LogP contribution in [0.25, 0.3) is 11.1 Å². The molecular formula is C40H48N4O5. The van der Waals surface area contributed by atoms with Gasteiger partial charge in [0, 0.05) is 42.0 Å². The van der Waals surface area contributed by atoms with Gasteiger partial charge < -0.3 is 20.1 Å². The zero-order chi connectivity index (χ0) is 34.9. The van der Waals surface area contributed by atoms with Crippen LogP contribution >= 0.6 is 0 Å². The van der Waals surface area contributed by atoms with Crippen molar-refractivity contribution in [2.75, 3.05) is 18.1 Å². The normalized spacial score (nSPS) is 13.2. The molecule has 3 aromatic carbocycles. The van der Waals surface area contributed by atoms with Crippen molar-refractivity contribution in [2.24, 2.45) is 5.92 Å². The number of hydrogen-bond acceptors (Lipinski definition) is 5. The number of nitrogens with one attached hydrogen (secondary N) is 1. The predicted octanol–water partition coefficient (Wildman–Crippen LogP) is 7.36. The molecule has 1 aliphatic rings. The fourth-order valence-electron chi connectivity index (χ4n) is 6.80. The Kier molecular flexibility index (Phi) is 11.9. The standard InChI is InChI=1S/C40H48N4O5/c1-5-30(6-2)35(23-39(46)47)42-40(48)31-14-8-13-29(22-31)25-43-26-32(24-41-43)33-15-9-17-36-34(33)16-10-20-44(36)38(45)19-11-21-49-37-18-7-12-27(3)28(37)4/h7-9,12-15,17-18,22,24,26,30,35H,5-6,10-11,16,19-21,23,25H2,1-4H3,(H,42,48)(H,46,47). The molecular weight excluding hydrogens is 616 g/mol. The highest BCUT2D eigenvalue weighted by Crippen LogP contribution is 2.36. The van der Waals surface area contributed by atoms with Crippen molar-refractivity contribution >= 4 is 23.5 Å². The minimum Gasteiger partial charge on any atom is -0.493 e. The topological polar surface area (TPSA) is 114 Å². The summed E-state index contributed by atoms with van der Waals surface area (Å²) in [4.78, 5) is 40.0. The third-order valence-corrected chi connectivity index (χ3v) is 9.71. The fourth-order valence-corrected chi connectivity index (χ4v) is 6.80. The first-order chi connectivity index (χ1) is 23.7. The van der Waals surface area contributed by atoms with E-state index in [0.29, 0.717) is 38.1 Å². The lowest BCUT2D eigenvalue weighted by Gasteiger charge is -2.31. The van der Waals surface area contributed by atoms with E-state index in [2.05, 4.69) is 36.4 Å². The maximum Gasteiger partial charge on any atom is 0.305 e. The molecule has 0 fully saturated rings. The molecule has 1 atom stereocenters. The summed E-state index contributed by atoms with van der Waals surface area (Å²) >= 11 is 0. The highest BCUT2D eigenvalue weighted by atomic mass is 16.5. The van der Waals surface area contributed by atoms with Gasteiger partial charge >= 0.3 is 5.97 Å². The first kappa shape index (κ1) is 35.4. The third kappa shape index (κ3) is 8.76. The number of anilines is 1. The van der Waals surface area contributed by atoms with Crippen LogP contribution in [0, 0.1) is 19.8 Å². The maximum absolute atomic E-state index is 13.4. The van der Waals surface area contributed by atoms with Crippen LogP contribution in [0.3, 0.4) is 0 Å². The van der Waals surface area contributed by atoms with Crippen LogP contribution in [-0.2, 0) is 22.6 Å². The van der Waals surface area contributed by atoms with Gasteiger partial charge in [0.15, 0.2) is 0 Å². The van der Waals surface area contributed by atoms with E-state index < -0.39 is 12.0 Å². The lowest BCUT2D eigenvalue weighted by Crippen LogP contribution is -2.41. The number of carbonyl (C=O) groups is 3. The van der Waals surface area contributed by atoms with Gasteiger partial charge in [0.25, 0.3) is 5.91 Å². The van der Waals surface area contributed by atoms with Crippen LogP contribution in [0.15, 0.2) is 73.1 Å². The Labute approximate surface area is 289 Å². The first-order valence-corrected chi connectivity index (χ1v) is 17.4. The zero-order valence-corrected chi connectivity index (χ0v) is 29.1. The van der Waals surface area contributed by atoms with Gasteiger partial charge in [-0.1, -0.05) is 63.1 Å². The highest BCUT2D eigenvalue weighted by molar-refractivity contribution is 5.96. The minimum atomic E-state index is -0.922. The molecule has 0 bridgehead atoms. The van der Waals surface area contributed by atoms with Crippen molar-refractivity contribution in [3.05, 3.63) is 101 Å². The summed E-state index contributed by atoms with van der Waals surface area (Å²) in [5, 5.41) is 17.0. The Morgan fingerprint density at radius 2 is 1.80 bits per heavy atom. The molecule has 9 heteroatoms. The molecule has 9 nitrogen and oxygen atoms in total. The van der Waals surface area contributed by atoms with Gasteiger partial charge in [-0.25, -0.2) is 0 Å². The smallest absolute Gasteiger partial charge is 0.305 e. The van der Waals surface area contributed by atoms with Gasteiger partial charge in [0.1, 0.15) is 5.75 Å². The SMILES string of the molecule is CCC(CC)C(CC(=O)O)NC(=O)c1cccc(Cn2cc(-c3cccc4c3CCCN4C(=O)CCCOc3cccc(C)c3C)cn2)c1. The van der Waals surface area contributed by atoms with E-state index in [1.165, 1.54) is 5.56 Å². The number of nitrogens with zero attached hydrogens (tertiary/aromatic N) is 3. The second-order valence-electron chi connectivity index (χ2n) is 13.0. The average Bonchev–Trinajstić information content (AvgIpc) is 3.56. The number of rotatable bonds is 15. The van der Waals surface area contributed by atoms with Crippen LogP contribution < -0.4 is 15.0 Å². The molecule has 0 aliphatic carbocycles. The van der Waals surface area contributed by atoms with Gasteiger partial charge in [-0.05, 0) is 91.1 Å². The van der Waals surface area contributed by atoms with E-state index in [9.17, 15) is 19.5 Å². The number of carboxylic acid groups (broad SMARTS) is 1. The Morgan fingerprint density at radius 3 is 2.57 bits per heavy atom. The number of amides is 2. The van der Waals surface area contributed by atoms with E-state index >= 15 is 0 Å². The molecule has 2 amide bonds. The molecule has 0 saturated heterocycles. The molecule has 2 heterocycles. The zero-order valence-electron chi connectivity index (χ0n) is 29.1. The van der Waals surface area contributed by atoms with Gasteiger partial charge in [0.2, 0.25) is 5.91 Å². The van der Waals surface area contributed by atoms with Gasteiger partial charge in [0.05, 0.1) is 25.8 Å². The minimum absolute atomic E-state index is 0.0907. The molecule has 258 valence electrons. The summed E-state index contributed by atoms with van der Waals surface area (Å²) in [5.41, 5.74) is 7.88. The largest absolute Gasteiger partial charge is 0.493 e. The molecule has 1 unspecified atom stereocenters. The lowest BCUT2D eigenvalue weighted by atomic mass is 9.91.